The van der Waals surface area contributed by atoms with Gasteiger partial charge in [0.25, 0.3) is 0 Å². The third-order valence-corrected chi connectivity index (χ3v) is 15.7. The van der Waals surface area contributed by atoms with Gasteiger partial charge in [-0.05, 0) is 88.9 Å². The fourth-order valence-electron chi connectivity index (χ4n) is 4.00. The van der Waals surface area contributed by atoms with Crippen molar-refractivity contribution in [3.8, 4) is 11.5 Å². The van der Waals surface area contributed by atoms with Gasteiger partial charge in [0.1, 0.15) is 29.7 Å². The highest BCUT2D eigenvalue weighted by molar-refractivity contribution is 8.12. The van der Waals surface area contributed by atoms with Crippen LogP contribution in [0, 0.1) is 0 Å². The zero-order valence-corrected chi connectivity index (χ0v) is 29.4. The Hall–Kier alpha value is -1.80. The Morgan fingerprint density at radius 2 is 1.19 bits per heavy atom. The zero-order chi connectivity index (χ0) is 31.7. The topological polar surface area (TPSA) is 95.1 Å². The number of hydrogen-bond acceptors (Lipinski definition) is 8. The number of esters is 2. The molecule has 12 heteroatoms. The summed E-state index contributed by atoms with van der Waals surface area (Å²) in [5, 5.41) is 5.85. The predicted molar refractivity (Wildman–Crippen MR) is 179 cm³/mol. The Morgan fingerprint density at radius 1 is 0.738 bits per heavy atom. The normalized spacial score (nSPS) is 16.9. The van der Waals surface area contributed by atoms with Crippen LogP contribution in [-0.4, -0.2) is 47.0 Å². The first kappa shape index (κ1) is 36.4. The summed E-state index contributed by atoms with van der Waals surface area (Å²) in [6, 6.07) is 17.2. The summed E-state index contributed by atoms with van der Waals surface area (Å²) in [7, 11) is 0. The number of rotatable bonds is 16. The second-order valence-electron chi connectivity index (χ2n) is 11.5. The Balaban J connectivity index is 2.17. The number of carbonyl (C=O) groups is 2. The molecule has 0 aliphatic carbocycles. The summed E-state index contributed by atoms with van der Waals surface area (Å²) in [6.07, 6.45) is -5.96. The third-order valence-electron chi connectivity index (χ3n) is 6.34. The molecule has 0 aliphatic heterocycles. The standard InChI is InChI=1S/C30H46N2O6P2S2/c1-21(2)35-28(33)25(7)32-40(42,38-27-18-14-11-15-19-27)30(8,9)20-23(5)36-29(34)24(6)31-39(41,22(3)4)37-26-16-12-10-13-17-26/h10-19,21-25H,20H2,1-9H3,(H,31,41)(H,32,42)/t23?,24-,25-,39?,40?/m1/s1. The van der Waals surface area contributed by atoms with E-state index in [1.807, 2.05) is 95.3 Å². The van der Waals surface area contributed by atoms with Crippen LogP contribution < -0.4 is 19.2 Å². The summed E-state index contributed by atoms with van der Waals surface area (Å²) in [5.74, 6) is 0.390. The van der Waals surface area contributed by atoms with Crippen molar-refractivity contribution in [1.82, 2.24) is 10.2 Å². The molecule has 2 aromatic rings. The molecule has 234 valence electrons. The molecule has 0 radical (unpaired) electrons. The van der Waals surface area contributed by atoms with Crippen molar-refractivity contribution in [3.05, 3.63) is 60.7 Å². The molecular weight excluding hydrogens is 610 g/mol. The minimum absolute atomic E-state index is 0.0180. The van der Waals surface area contributed by atoms with Crippen LogP contribution in [0.25, 0.3) is 0 Å². The minimum Gasteiger partial charge on any atom is -0.462 e. The fraction of sp³-hybridized carbons (Fsp3) is 0.533. The van der Waals surface area contributed by atoms with Crippen molar-refractivity contribution in [2.45, 2.75) is 104 Å². The largest absolute Gasteiger partial charge is 0.462 e. The van der Waals surface area contributed by atoms with Gasteiger partial charge in [-0.3, -0.25) is 9.59 Å². The van der Waals surface area contributed by atoms with Gasteiger partial charge in [-0.25, -0.2) is 10.2 Å². The van der Waals surface area contributed by atoms with E-state index in [4.69, 9.17) is 42.1 Å². The van der Waals surface area contributed by atoms with Crippen molar-refractivity contribution in [1.29, 1.82) is 0 Å². The quantitative estimate of drug-likeness (QED) is 0.143. The van der Waals surface area contributed by atoms with Gasteiger partial charge in [-0.15, -0.1) is 0 Å². The highest BCUT2D eigenvalue weighted by Crippen LogP contribution is 2.58. The van der Waals surface area contributed by atoms with Crippen LogP contribution >= 0.6 is 12.8 Å². The smallest absolute Gasteiger partial charge is 0.323 e. The summed E-state index contributed by atoms with van der Waals surface area (Å²) < 4.78 is 23.9. The molecule has 2 N–H and O–H groups in total. The molecule has 5 atom stereocenters. The van der Waals surface area contributed by atoms with Crippen LogP contribution in [0.15, 0.2) is 60.7 Å². The van der Waals surface area contributed by atoms with Crippen LogP contribution in [-0.2, 0) is 42.7 Å². The highest BCUT2D eigenvalue weighted by atomic mass is 32.5. The maximum Gasteiger partial charge on any atom is 0.323 e. The number of hydrogen-bond donors (Lipinski definition) is 2. The molecule has 0 aromatic heterocycles. The maximum absolute atomic E-state index is 13.2. The van der Waals surface area contributed by atoms with E-state index >= 15 is 0 Å². The van der Waals surface area contributed by atoms with Crippen LogP contribution in [0.4, 0.5) is 0 Å². The minimum atomic E-state index is -2.96. The lowest BCUT2D eigenvalue weighted by atomic mass is 10.1. The number of ether oxygens (including phenoxy) is 2. The van der Waals surface area contributed by atoms with Gasteiger partial charge in [-0.2, -0.15) is 0 Å². The van der Waals surface area contributed by atoms with Crippen molar-refractivity contribution >= 4 is 48.4 Å². The Kier molecular flexibility index (Phi) is 13.7. The van der Waals surface area contributed by atoms with Crippen molar-refractivity contribution in [2.24, 2.45) is 0 Å². The lowest BCUT2D eigenvalue weighted by molar-refractivity contribution is -0.150. The van der Waals surface area contributed by atoms with Crippen LogP contribution in [0.3, 0.4) is 0 Å². The lowest BCUT2D eigenvalue weighted by Gasteiger charge is -2.40. The molecule has 0 saturated carbocycles. The second kappa shape index (κ2) is 15.8. The summed E-state index contributed by atoms with van der Waals surface area (Å²) in [6.45, 7) is 16.7. The van der Waals surface area contributed by atoms with Crippen molar-refractivity contribution < 1.29 is 28.1 Å². The van der Waals surface area contributed by atoms with Gasteiger partial charge in [0.05, 0.1) is 6.10 Å². The molecule has 3 unspecified atom stereocenters. The zero-order valence-electron chi connectivity index (χ0n) is 26.0. The summed E-state index contributed by atoms with van der Waals surface area (Å²) in [4.78, 5) is 25.9. The molecule has 0 fully saturated rings. The molecule has 42 heavy (non-hydrogen) atoms. The van der Waals surface area contributed by atoms with E-state index in [1.165, 1.54) is 0 Å². The SMILES string of the molecule is CC(C)OC(=O)[C@@H](C)NP(=S)(Oc1ccccc1)C(C)(C)CC(C)OC(=O)[C@@H](C)NP(=S)(Oc1ccccc1)C(C)C. The highest BCUT2D eigenvalue weighted by Gasteiger charge is 2.43. The monoisotopic (exact) mass is 656 g/mol. The molecule has 0 aliphatic rings. The molecule has 0 bridgehead atoms. The average Bonchev–Trinajstić information content (AvgIpc) is 2.88. The van der Waals surface area contributed by atoms with Gasteiger partial charge in [0.2, 0.25) is 0 Å². The van der Waals surface area contributed by atoms with E-state index in [-0.39, 0.29) is 11.8 Å². The van der Waals surface area contributed by atoms with Gasteiger partial charge in [0, 0.05) is 10.8 Å². The molecule has 2 rings (SSSR count). The Bertz CT molecular complexity index is 1260. The lowest BCUT2D eigenvalue weighted by Crippen LogP contribution is -2.43. The number of benzene rings is 2. The Morgan fingerprint density at radius 3 is 1.67 bits per heavy atom. The van der Waals surface area contributed by atoms with E-state index in [0.717, 1.165) is 0 Å². The van der Waals surface area contributed by atoms with Gasteiger partial charge in [0.15, 0.2) is 12.8 Å². The molecule has 8 nitrogen and oxygen atoms in total. The molecule has 2 aromatic carbocycles. The van der Waals surface area contributed by atoms with Crippen molar-refractivity contribution in [2.75, 3.05) is 0 Å². The predicted octanol–water partition coefficient (Wildman–Crippen LogP) is 7.18. The molecule has 0 amide bonds. The first-order valence-corrected chi connectivity index (χ1v) is 19.6. The molecule has 0 spiro atoms. The van der Waals surface area contributed by atoms with E-state index in [9.17, 15) is 9.59 Å². The number of para-hydroxylation sites is 2. The number of nitrogens with one attached hydrogen (secondary N) is 2. The van der Waals surface area contributed by atoms with Gasteiger partial charge < -0.3 is 18.5 Å². The van der Waals surface area contributed by atoms with Crippen LogP contribution in [0.2, 0.25) is 0 Å². The van der Waals surface area contributed by atoms with Crippen LogP contribution in [0.1, 0.15) is 68.7 Å². The first-order valence-electron chi connectivity index (χ1n) is 14.1. The van der Waals surface area contributed by atoms with Gasteiger partial charge in [-0.1, -0.05) is 64.1 Å². The van der Waals surface area contributed by atoms with Crippen molar-refractivity contribution in [3.63, 3.8) is 0 Å². The average molecular weight is 657 g/mol. The maximum atomic E-state index is 13.2. The molecular formula is C30H46N2O6P2S2. The number of carbonyl (C=O) groups excluding carboxylic acids is 2. The Labute approximate surface area is 261 Å². The fourth-order valence-corrected chi connectivity index (χ4v) is 9.51. The molecule has 0 heterocycles. The van der Waals surface area contributed by atoms with E-state index < -0.39 is 48.1 Å². The van der Waals surface area contributed by atoms with Crippen LogP contribution in [0.5, 0.6) is 11.5 Å². The first-order chi connectivity index (χ1) is 19.5. The van der Waals surface area contributed by atoms with Gasteiger partial charge >= 0.3 is 11.9 Å². The summed E-state index contributed by atoms with van der Waals surface area (Å²) >= 11 is 12.1. The van der Waals surface area contributed by atoms with E-state index in [2.05, 4.69) is 10.2 Å². The second-order valence-corrected chi connectivity index (χ2v) is 20.1. The summed E-state index contributed by atoms with van der Waals surface area (Å²) in [5.41, 5.74) is -0.0180. The van der Waals surface area contributed by atoms with E-state index in [1.54, 1.807) is 27.7 Å². The molecule has 0 saturated heterocycles. The third kappa shape index (κ3) is 10.7. The van der Waals surface area contributed by atoms with E-state index in [0.29, 0.717) is 17.9 Å².